The number of aromatic nitrogens is 4. The second-order valence-electron chi connectivity index (χ2n) is 23.2. The van der Waals surface area contributed by atoms with Crippen LogP contribution < -0.4 is 40.3 Å². The van der Waals surface area contributed by atoms with Gasteiger partial charge >= 0.3 is 0 Å². The van der Waals surface area contributed by atoms with Crippen molar-refractivity contribution in [3.8, 4) is 23.0 Å². The summed E-state index contributed by atoms with van der Waals surface area (Å²) < 4.78 is 25.4. The number of aromatic amines is 4. The lowest BCUT2D eigenvalue weighted by Crippen LogP contribution is -2.19. The Morgan fingerprint density at radius 2 is 0.417 bits per heavy atom. The Labute approximate surface area is 501 Å². The van der Waals surface area contributed by atoms with Crippen LogP contribution in [0.1, 0.15) is 227 Å². The molecule has 0 radical (unpaired) electrons. The molecule has 0 spiro atoms. The molecule has 0 saturated heterocycles. The van der Waals surface area contributed by atoms with E-state index < -0.39 is 0 Å². The number of benzene rings is 4. The number of unbranched alkanes of at least 4 members (excludes halogenated alkanes) is 20. The van der Waals surface area contributed by atoms with Crippen molar-refractivity contribution >= 4 is 22.3 Å². The average Bonchev–Trinajstić information content (AvgIpc) is 4.57. The summed E-state index contributed by atoms with van der Waals surface area (Å²) in [7, 11) is 0. The lowest BCUT2D eigenvalue weighted by molar-refractivity contribution is 0.304. The van der Waals surface area contributed by atoms with E-state index in [1.54, 1.807) is 0 Å². The Bertz CT molecular complexity index is 2990. The van der Waals surface area contributed by atoms with E-state index in [2.05, 4.69) is 193 Å². The summed E-state index contributed by atoms with van der Waals surface area (Å²) in [4.78, 5) is 15.9. The van der Waals surface area contributed by atoms with Crippen molar-refractivity contribution in [2.75, 3.05) is 26.4 Å². The van der Waals surface area contributed by atoms with Crippen molar-refractivity contribution in [1.29, 1.82) is 0 Å². The number of ether oxygens (including phenoxy) is 4. The highest BCUT2D eigenvalue weighted by molar-refractivity contribution is 5.85. The van der Waals surface area contributed by atoms with Gasteiger partial charge in [-0.1, -0.05) is 205 Å². The van der Waals surface area contributed by atoms with Gasteiger partial charge in [-0.3, -0.25) is 0 Å². The third-order valence-corrected chi connectivity index (χ3v) is 16.5. The number of fused-ring (bicyclic) bond motifs is 8. The zero-order chi connectivity index (χ0) is 58.0. The Hall–Kier alpha value is -7.32. The lowest BCUT2D eigenvalue weighted by Gasteiger charge is -2.12. The van der Waals surface area contributed by atoms with Crippen LogP contribution in [0.15, 0.2) is 146 Å². The predicted molar refractivity (Wildman–Crippen MR) is 349 cm³/mol. The summed E-state index contributed by atoms with van der Waals surface area (Å²) in [6.07, 6.45) is 29.5. The number of H-pyrrole nitrogens is 4. The molecule has 4 N–H and O–H groups in total. The van der Waals surface area contributed by atoms with Gasteiger partial charge in [-0.2, -0.15) is 0 Å². The minimum Gasteiger partial charge on any atom is -0.494 e. The van der Waals surface area contributed by atoms with Gasteiger partial charge in [0.25, 0.3) is 0 Å². The molecule has 84 heavy (non-hydrogen) atoms. The highest BCUT2D eigenvalue weighted by atomic mass is 16.5. The third-order valence-electron chi connectivity index (χ3n) is 16.5. The Morgan fingerprint density at radius 1 is 0.214 bits per heavy atom. The summed E-state index contributed by atoms with van der Waals surface area (Å²) in [5.41, 5.74) is 12.5. The molecule has 9 rings (SSSR count). The summed E-state index contributed by atoms with van der Waals surface area (Å²) in [6.45, 7) is 12.0. The Morgan fingerprint density at radius 3 is 0.631 bits per heavy atom. The average molecular weight is 1130 g/mol. The molecule has 1 aliphatic rings. The molecule has 8 nitrogen and oxygen atoms in total. The molecule has 1 aliphatic heterocycles. The third kappa shape index (κ3) is 17.4. The van der Waals surface area contributed by atoms with Gasteiger partial charge in [-0.25, -0.2) is 0 Å². The first-order valence-electron chi connectivity index (χ1n) is 32.7. The fraction of sp³-hybridized carbons (Fsp3) is 0.421. The van der Waals surface area contributed by atoms with Crippen LogP contribution in [-0.2, 0) is 0 Å². The first-order chi connectivity index (χ1) is 41.5. The van der Waals surface area contributed by atoms with Crippen LogP contribution in [0, 0.1) is 0 Å². The molecule has 4 aromatic heterocycles. The molecule has 0 fully saturated rings. The van der Waals surface area contributed by atoms with Gasteiger partial charge in [0, 0.05) is 66.5 Å². The number of hydrogen-bond donors (Lipinski definition) is 4. The largest absolute Gasteiger partial charge is 0.494 e. The SMILES string of the molecule is CCCCCCCCOc1ccc(C2=c3ccc([nH]3)=C(c3ccc(OCCCCCCCC)cc3)c3ccc([nH]3)C(c3ccc(OCCCCCCCC)cc3)=c3ccc([nH]3)=C(c3ccc(OCCCCCCCC)cc3)c3ccc2[nH]3)cc1. The van der Waals surface area contributed by atoms with Crippen molar-refractivity contribution in [1.82, 2.24) is 19.9 Å². The smallest absolute Gasteiger partial charge is 0.119 e. The summed E-state index contributed by atoms with van der Waals surface area (Å²) in [6, 6.07) is 52.5. The zero-order valence-corrected chi connectivity index (χ0v) is 51.3. The first-order valence-corrected chi connectivity index (χ1v) is 32.7. The topological polar surface area (TPSA) is 100 Å². The van der Waals surface area contributed by atoms with Gasteiger partial charge < -0.3 is 38.9 Å². The second kappa shape index (κ2) is 33.2. The van der Waals surface area contributed by atoms with Crippen molar-refractivity contribution in [2.24, 2.45) is 0 Å². The zero-order valence-electron chi connectivity index (χ0n) is 51.3. The fourth-order valence-electron chi connectivity index (χ4n) is 11.7. The summed E-state index contributed by atoms with van der Waals surface area (Å²) >= 11 is 0. The lowest BCUT2D eigenvalue weighted by atomic mass is 10.0. The molecule has 0 amide bonds. The van der Waals surface area contributed by atoms with Gasteiger partial charge in [-0.15, -0.1) is 0 Å². The van der Waals surface area contributed by atoms with Gasteiger partial charge in [0.1, 0.15) is 23.0 Å². The van der Waals surface area contributed by atoms with Gasteiger partial charge in [-0.05, 0) is 145 Å². The molecule has 0 saturated carbocycles. The van der Waals surface area contributed by atoms with Crippen LogP contribution in [-0.4, -0.2) is 46.4 Å². The minimum absolute atomic E-state index is 0.721. The first kappa shape index (κ1) is 61.2. The molecular weight excluding hydrogens is 1030 g/mol. The van der Waals surface area contributed by atoms with E-state index >= 15 is 0 Å². The minimum atomic E-state index is 0.721. The molecule has 444 valence electrons. The molecular formula is C76H96N4O4. The molecule has 8 aromatic rings. The van der Waals surface area contributed by atoms with E-state index in [1.165, 1.54) is 128 Å². The molecule has 8 heteroatoms. The van der Waals surface area contributed by atoms with E-state index in [4.69, 9.17) is 18.9 Å². The summed E-state index contributed by atoms with van der Waals surface area (Å²) in [5.74, 6) is 3.55. The molecule has 4 aromatic carbocycles. The predicted octanol–water partition coefficient (Wildman–Crippen LogP) is 17.3. The molecule has 0 aliphatic carbocycles. The molecule has 8 bridgehead atoms. The van der Waals surface area contributed by atoms with Gasteiger partial charge in [0.15, 0.2) is 0 Å². The normalized spacial score (nSPS) is 12.3. The fourth-order valence-corrected chi connectivity index (χ4v) is 11.7. The Kier molecular flexibility index (Phi) is 24.2. The van der Waals surface area contributed by atoms with Crippen LogP contribution in [0.3, 0.4) is 0 Å². The highest BCUT2D eigenvalue weighted by Gasteiger charge is 2.19. The van der Waals surface area contributed by atoms with Crippen molar-refractivity contribution in [3.05, 3.63) is 212 Å². The van der Waals surface area contributed by atoms with E-state index in [9.17, 15) is 0 Å². The molecule has 0 atom stereocenters. The van der Waals surface area contributed by atoms with Crippen LogP contribution >= 0.6 is 0 Å². The van der Waals surface area contributed by atoms with Crippen LogP contribution in [0.25, 0.3) is 22.3 Å². The van der Waals surface area contributed by atoms with Crippen LogP contribution in [0.4, 0.5) is 0 Å². The van der Waals surface area contributed by atoms with Crippen LogP contribution in [0.2, 0.25) is 0 Å². The standard InChI is InChI=1S/C76H96N4O4/c1-5-9-13-17-21-25-53-81-61-37-29-57(30-38-61)73-65-45-47-67(77-65)74(58-31-39-62(40-32-58)82-54-26-22-18-14-10-6-2)69-49-51-71(79-69)76(60-35-43-64(44-36-60)84-56-28-24-20-16-12-8-4)72-52-50-70(80-72)75(68-48-46-66(73)78-68)59-33-41-63(42-34-59)83-55-27-23-19-15-11-7-3/h29-52,77-80H,5-28,53-56H2,1-4H3. The monoisotopic (exact) mass is 1130 g/mol. The number of hydrogen-bond acceptors (Lipinski definition) is 4. The molecule has 5 heterocycles. The van der Waals surface area contributed by atoms with E-state index in [-0.39, 0.29) is 0 Å². The Balaban J connectivity index is 1.14. The van der Waals surface area contributed by atoms with Crippen molar-refractivity contribution < 1.29 is 18.9 Å². The van der Waals surface area contributed by atoms with Crippen LogP contribution in [0.5, 0.6) is 23.0 Å². The highest BCUT2D eigenvalue weighted by Crippen LogP contribution is 2.31. The number of nitrogens with one attached hydrogen (secondary N) is 4. The second-order valence-corrected chi connectivity index (χ2v) is 23.2. The van der Waals surface area contributed by atoms with Gasteiger partial charge in [0.05, 0.1) is 26.4 Å². The summed E-state index contributed by atoms with van der Waals surface area (Å²) in [5, 5.41) is 3.99. The quantitative estimate of drug-likeness (QED) is 0.0294. The van der Waals surface area contributed by atoms with Crippen molar-refractivity contribution in [3.63, 3.8) is 0 Å². The maximum absolute atomic E-state index is 6.34. The van der Waals surface area contributed by atoms with E-state index in [0.717, 1.165) is 164 Å². The van der Waals surface area contributed by atoms with E-state index in [0.29, 0.717) is 0 Å². The molecule has 0 unspecified atom stereocenters. The number of rotatable bonds is 36. The maximum atomic E-state index is 6.34. The van der Waals surface area contributed by atoms with E-state index in [1.807, 2.05) is 0 Å². The maximum Gasteiger partial charge on any atom is 0.119 e. The van der Waals surface area contributed by atoms with Crippen molar-refractivity contribution in [2.45, 2.75) is 182 Å². The van der Waals surface area contributed by atoms with Gasteiger partial charge in [0.2, 0.25) is 0 Å².